The topological polar surface area (TPSA) is 42.1 Å². The minimum atomic E-state index is -0.756. The van der Waals surface area contributed by atoms with Crippen molar-refractivity contribution in [1.29, 1.82) is 0 Å². The molecule has 0 aliphatic carbocycles. The second kappa shape index (κ2) is 8.12. The average molecular weight is 359 g/mol. The minimum absolute atomic E-state index is 0.413. The molecule has 1 atom stereocenters. The second-order valence-electron chi connectivity index (χ2n) is 7.43. The first-order valence-electron chi connectivity index (χ1n) is 9.32. The summed E-state index contributed by atoms with van der Waals surface area (Å²) >= 11 is 0. The lowest BCUT2D eigenvalue weighted by Crippen LogP contribution is -2.25. The first kappa shape index (κ1) is 18.8. The number of aromatic nitrogens is 1. The summed E-state index contributed by atoms with van der Waals surface area (Å²) in [4.78, 5) is 6.63. The molecule has 5 heteroatoms. The Kier molecular flexibility index (Phi) is 5.87. The van der Waals surface area contributed by atoms with Crippen LogP contribution in [0, 0.1) is 18.6 Å². The molecule has 1 fully saturated rings. The standard InChI is InChI=1S/C21H27F2N3/c1-14-10-17(25-20(24)11-14)7-6-16-12-15(13-19(22)21(16)23)5-8-18-4-3-9-26(18)2/h10-13,18H,3-9H2,1-2H3,(H2,24,25). The first-order valence-corrected chi connectivity index (χ1v) is 9.32. The fourth-order valence-electron chi connectivity index (χ4n) is 3.87. The highest BCUT2D eigenvalue weighted by Crippen LogP contribution is 2.23. The van der Waals surface area contributed by atoms with E-state index in [-0.39, 0.29) is 0 Å². The van der Waals surface area contributed by atoms with Crippen LogP contribution < -0.4 is 5.73 Å². The number of benzene rings is 1. The maximum Gasteiger partial charge on any atom is 0.162 e. The van der Waals surface area contributed by atoms with Gasteiger partial charge in [-0.1, -0.05) is 6.07 Å². The maximum atomic E-state index is 14.2. The normalized spacial score (nSPS) is 17.8. The Bertz CT molecular complexity index is 756. The quantitative estimate of drug-likeness (QED) is 0.846. The van der Waals surface area contributed by atoms with E-state index in [1.54, 1.807) is 6.07 Å². The van der Waals surface area contributed by atoms with Gasteiger partial charge in [-0.15, -0.1) is 0 Å². The van der Waals surface area contributed by atoms with Crippen LogP contribution in [-0.2, 0) is 19.3 Å². The summed E-state index contributed by atoms with van der Waals surface area (Å²) in [5.41, 5.74) is 8.88. The number of nitrogen functional groups attached to an aromatic ring is 1. The lowest BCUT2D eigenvalue weighted by atomic mass is 9.99. The van der Waals surface area contributed by atoms with Gasteiger partial charge in [0.15, 0.2) is 11.6 Å². The maximum absolute atomic E-state index is 14.2. The van der Waals surface area contributed by atoms with Crippen molar-refractivity contribution < 1.29 is 8.78 Å². The fourth-order valence-corrected chi connectivity index (χ4v) is 3.87. The Morgan fingerprint density at radius 3 is 2.65 bits per heavy atom. The van der Waals surface area contributed by atoms with Crippen LogP contribution in [-0.4, -0.2) is 29.5 Å². The van der Waals surface area contributed by atoms with Gasteiger partial charge in [0, 0.05) is 11.7 Å². The van der Waals surface area contributed by atoms with Crippen molar-refractivity contribution in [2.45, 2.75) is 51.5 Å². The van der Waals surface area contributed by atoms with Gasteiger partial charge in [0.05, 0.1) is 0 Å². The zero-order chi connectivity index (χ0) is 18.7. The van der Waals surface area contributed by atoms with Crippen LogP contribution in [0.2, 0.25) is 0 Å². The zero-order valence-corrected chi connectivity index (χ0v) is 15.6. The fraction of sp³-hybridized carbons (Fsp3) is 0.476. The number of nitrogens with zero attached hydrogens (tertiary/aromatic N) is 2. The number of halogens is 2. The molecule has 3 rings (SSSR count). The Labute approximate surface area is 154 Å². The molecule has 0 radical (unpaired) electrons. The molecule has 1 unspecified atom stereocenters. The van der Waals surface area contributed by atoms with Crippen LogP contribution in [0.3, 0.4) is 0 Å². The van der Waals surface area contributed by atoms with E-state index < -0.39 is 11.6 Å². The second-order valence-corrected chi connectivity index (χ2v) is 7.43. The number of rotatable bonds is 6. The Morgan fingerprint density at radius 2 is 1.96 bits per heavy atom. The van der Waals surface area contributed by atoms with Crippen molar-refractivity contribution >= 4 is 5.82 Å². The number of nitrogens with two attached hydrogens (primary N) is 1. The molecule has 3 nitrogen and oxygen atoms in total. The van der Waals surface area contributed by atoms with Gasteiger partial charge in [-0.25, -0.2) is 13.8 Å². The van der Waals surface area contributed by atoms with E-state index in [4.69, 9.17) is 5.73 Å². The third-order valence-electron chi connectivity index (χ3n) is 5.29. The van der Waals surface area contributed by atoms with Crippen LogP contribution in [0.5, 0.6) is 0 Å². The number of pyridine rings is 1. The van der Waals surface area contributed by atoms with Gasteiger partial charge in [0.25, 0.3) is 0 Å². The SMILES string of the molecule is Cc1cc(N)nc(CCc2cc(CCC3CCCN3C)cc(F)c2F)c1. The molecule has 0 amide bonds. The molecule has 1 saturated heterocycles. The molecule has 0 saturated carbocycles. The van der Waals surface area contributed by atoms with E-state index >= 15 is 0 Å². The largest absolute Gasteiger partial charge is 0.384 e. The monoisotopic (exact) mass is 359 g/mol. The summed E-state index contributed by atoms with van der Waals surface area (Å²) < 4.78 is 28.3. The molecule has 0 spiro atoms. The molecule has 1 aromatic carbocycles. The Morgan fingerprint density at radius 1 is 1.15 bits per heavy atom. The number of hydrogen-bond donors (Lipinski definition) is 1. The first-order chi connectivity index (χ1) is 12.4. The summed E-state index contributed by atoms with van der Waals surface area (Å²) in [6, 6.07) is 7.43. The van der Waals surface area contributed by atoms with Crippen molar-refractivity contribution in [2.24, 2.45) is 0 Å². The third-order valence-corrected chi connectivity index (χ3v) is 5.29. The zero-order valence-electron chi connectivity index (χ0n) is 15.6. The lowest BCUT2D eigenvalue weighted by molar-refractivity contribution is 0.296. The highest BCUT2D eigenvalue weighted by Gasteiger charge is 2.21. The number of anilines is 1. The number of hydrogen-bond acceptors (Lipinski definition) is 3. The summed E-state index contributed by atoms with van der Waals surface area (Å²) in [7, 11) is 2.13. The molecule has 26 heavy (non-hydrogen) atoms. The summed E-state index contributed by atoms with van der Waals surface area (Å²) in [5, 5.41) is 0. The summed E-state index contributed by atoms with van der Waals surface area (Å²) in [5.74, 6) is -1.04. The molecular formula is C21H27F2N3. The van der Waals surface area contributed by atoms with Gasteiger partial charge in [0.1, 0.15) is 5.82 Å². The van der Waals surface area contributed by atoms with E-state index in [9.17, 15) is 8.78 Å². The van der Waals surface area contributed by atoms with Crippen molar-refractivity contribution in [1.82, 2.24) is 9.88 Å². The van der Waals surface area contributed by atoms with Gasteiger partial charge < -0.3 is 10.6 Å². The van der Waals surface area contributed by atoms with Gasteiger partial charge >= 0.3 is 0 Å². The minimum Gasteiger partial charge on any atom is -0.384 e. The molecule has 1 aliphatic rings. The van der Waals surface area contributed by atoms with Gasteiger partial charge in [-0.3, -0.25) is 0 Å². The Balaban J connectivity index is 1.69. The van der Waals surface area contributed by atoms with Crippen molar-refractivity contribution in [3.63, 3.8) is 0 Å². The van der Waals surface area contributed by atoms with E-state index in [0.29, 0.717) is 30.3 Å². The number of likely N-dealkylation sites (tertiary alicyclic amines) is 1. The van der Waals surface area contributed by atoms with Crippen LogP contribution in [0.25, 0.3) is 0 Å². The molecule has 1 aromatic heterocycles. The summed E-state index contributed by atoms with van der Waals surface area (Å²) in [6.45, 7) is 3.07. The molecule has 2 aromatic rings. The van der Waals surface area contributed by atoms with Crippen molar-refractivity contribution in [2.75, 3.05) is 19.3 Å². The van der Waals surface area contributed by atoms with Crippen LogP contribution in [0.1, 0.15) is 41.6 Å². The van der Waals surface area contributed by atoms with Gasteiger partial charge in [-0.2, -0.15) is 0 Å². The van der Waals surface area contributed by atoms with Crippen LogP contribution >= 0.6 is 0 Å². The Hall–Kier alpha value is -2.01. The van der Waals surface area contributed by atoms with Crippen LogP contribution in [0.15, 0.2) is 24.3 Å². The van der Waals surface area contributed by atoms with Gasteiger partial charge in [0.2, 0.25) is 0 Å². The van der Waals surface area contributed by atoms with E-state index in [2.05, 4.69) is 16.9 Å². The molecule has 2 heterocycles. The lowest BCUT2D eigenvalue weighted by Gasteiger charge is -2.19. The molecule has 0 bridgehead atoms. The predicted octanol–water partition coefficient (Wildman–Crippen LogP) is 4.06. The summed E-state index contributed by atoms with van der Waals surface area (Å²) in [6.07, 6.45) is 5.11. The molecule has 1 aliphatic heterocycles. The van der Waals surface area contributed by atoms with Crippen molar-refractivity contribution in [3.8, 4) is 0 Å². The third kappa shape index (κ3) is 4.58. The highest BCUT2D eigenvalue weighted by atomic mass is 19.2. The van der Waals surface area contributed by atoms with Gasteiger partial charge in [-0.05, 0) is 93.9 Å². The van der Waals surface area contributed by atoms with E-state index in [0.717, 1.165) is 36.2 Å². The van der Waals surface area contributed by atoms with Crippen molar-refractivity contribution in [3.05, 3.63) is 58.3 Å². The average Bonchev–Trinajstić information content (AvgIpc) is 2.99. The number of aryl methyl sites for hydroxylation is 4. The molecule has 2 N–H and O–H groups in total. The highest BCUT2D eigenvalue weighted by molar-refractivity contribution is 5.35. The predicted molar refractivity (Wildman–Crippen MR) is 101 cm³/mol. The molecule has 140 valence electrons. The van der Waals surface area contributed by atoms with Crippen LogP contribution in [0.4, 0.5) is 14.6 Å². The molecular weight excluding hydrogens is 332 g/mol. The van der Waals surface area contributed by atoms with E-state index in [1.165, 1.54) is 18.9 Å². The van der Waals surface area contributed by atoms with E-state index in [1.807, 2.05) is 19.1 Å². The smallest absolute Gasteiger partial charge is 0.162 e.